The van der Waals surface area contributed by atoms with Gasteiger partial charge in [0.15, 0.2) is 0 Å². The monoisotopic (exact) mass is 275 g/mol. The highest BCUT2D eigenvalue weighted by Crippen LogP contribution is 2.29. The van der Waals surface area contributed by atoms with E-state index in [1.54, 1.807) is 18.2 Å². The maximum atomic E-state index is 9.70. The lowest BCUT2D eigenvalue weighted by Gasteiger charge is -2.17. The minimum Gasteiger partial charge on any atom is -0.496 e. The van der Waals surface area contributed by atoms with Gasteiger partial charge in [0.1, 0.15) is 11.9 Å². The van der Waals surface area contributed by atoms with Crippen LogP contribution in [0, 0.1) is 0 Å². The molecule has 4 nitrogen and oxygen atoms in total. The number of nitrogens with two attached hydrogens (primary N) is 1. The van der Waals surface area contributed by atoms with Crippen LogP contribution in [0.5, 0.6) is 5.75 Å². The van der Waals surface area contributed by atoms with Crippen LogP contribution in [0.1, 0.15) is 11.7 Å². The van der Waals surface area contributed by atoms with Crippen LogP contribution >= 0.6 is 15.9 Å². The third-order valence-corrected chi connectivity index (χ3v) is 2.78. The van der Waals surface area contributed by atoms with Crippen molar-refractivity contribution in [1.29, 1.82) is 0 Å². The highest BCUT2D eigenvalue weighted by atomic mass is 79.9. The van der Waals surface area contributed by atoms with Gasteiger partial charge in [-0.25, -0.2) is 0 Å². The maximum absolute atomic E-state index is 9.70. The van der Waals surface area contributed by atoms with Crippen molar-refractivity contribution in [2.24, 2.45) is 5.73 Å². The van der Waals surface area contributed by atoms with Crippen molar-refractivity contribution in [2.45, 2.75) is 12.2 Å². The van der Waals surface area contributed by atoms with Crippen LogP contribution < -0.4 is 10.5 Å². The number of methoxy groups -OCH3 is 1. The Hall–Kier alpha value is -0.620. The Bertz CT molecular complexity index is 332. The molecule has 0 aliphatic carbocycles. The van der Waals surface area contributed by atoms with Crippen LogP contribution in [0.4, 0.5) is 0 Å². The molecule has 0 heterocycles. The highest BCUT2D eigenvalue weighted by Gasteiger charge is 2.17. The average Bonchev–Trinajstić information content (AvgIpc) is 2.27. The fourth-order valence-electron chi connectivity index (χ4n) is 1.21. The molecule has 1 aromatic rings. The van der Waals surface area contributed by atoms with Crippen LogP contribution in [0.3, 0.4) is 0 Å². The van der Waals surface area contributed by atoms with Crippen molar-refractivity contribution in [2.75, 3.05) is 13.7 Å². The highest BCUT2D eigenvalue weighted by molar-refractivity contribution is 9.10. The molecule has 0 aliphatic heterocycles. The van der Waals surface area contributed by atoms with Gasteiger partial charge in [0.25, 0.3) is 0 Å². The first-order valence-corrected chi connectivity index (χ1v) is 5.29. The summed E-state index contributed by atoms with van der Waals surface area (Å²) in [7, 11) is 1.54. The van der Waals surface area contributed by atoms with Crippen LogP contribution in [-0.2, 0) is 0 Å². The van der Waals surface area contributed by atoms with Crippen molar-refractivity contribution in [3.8, 4) is 5.75 Å². The molecule has 2 atom stereocenters. The topological polar surface area (TPSA) is 75.7 Å². The van der Waals surface area contributed by atoms with Gasteiger partial charge in [-0.05, 0) is 33.6 Å². The smallest absolute Gasteiger partial charge is 0.133 e. The van der Waals surface area contributed by atoms with Crippen LogP contribution in [-0.4, -0.2) is 30.0 Å². The predicted molar refractivity (Wildman–Crippen MR) is 60.7 cm³/mol. The molecule has 0 spiro atoms. The fraction of sp³-hybridized carbons (Fsp3) is 0.400. The quantitative estimate of drug-likeness (QED) is 0.760. The molecule has 0 radical (unpaired) electrons. The molecule has 1 rings (SSSR count). The minimum absolute atomic E-state index is 0.0134. The van der Waals surface area contributed by atoms with Gasteiger partial charge in [-0.3, -0.25) is 0 Å². The summed E-state index contributed by atoms with van der Waals surface area (Å²) in [5.74, 6) is 0.607. The van der Waals surface area contributed by atoms with E-state index < -0.39 is 12.2 Å². The van der Waals surface area contributed by atoms with Crippen molar-refractivity contribution in [3.63, 3.8) is 0 Å². The Morgan fingerprint density at radius 1 is 1.47 bits per heavy atom. The summed E-state index contributed by atoms with van der Waals surface area (Å²) in [6.45, 7) is 0.0134. The number of aliphatic hydroxyl groups excluding tert-OH is 2. The number of aliphatic hydroxyl groups is 2. The third-order valence-electron chi connectivity index (χ3n) is 2.12. The van der Waals surface area contributed by atoms with Crippen molar-refractivity contribution < 1.29 is 14.9 Å². The summed E-state index contributed by atoms with van der Waals surface area (Å²) >= 11 is 3.30. The van der Waals surface area contributed by atoms with E-state index in [0.29, 0.717) is 11.3 Å². The predicted octanol–water partition coefficient (Wildman–Crippen LogP) is 0.811. The Kier molecular flexibility index (Phi) is 4.53. The van der Waals surface area contributed by atoms with E-state index in [1.807, 2.05) is 0 Å². The molecule has 5 heteroatoms. The molecule has 0 saturated heterocycles. The zero-order valence-corrected chi connectivity index (χ0v) is 9.94. The molecule has 4 N–H and O–H groups in total. The molecule has 0 saturated carbocycles. The van der Waals surface area contributed by atoms with E-state index in [2.05, 4.69) is 15.9 Å². The van der Waals surface area contributed by atoms with Gasteiger partial charge in [-0.2, -0.15) is 0 Å². The molecule has 0 amide bonds. The van der Waals surface area contributed by atoms with Gasteiger partial charge in [0.05, 0.1) is 17.7 Å². The van der Waals surface area contributed by atoms with E-state index in [4.69, 9.17) is 10.5 Å². The largest absolute Gasteiger partial charge is 0.496 e. The molecule has 0 aromatic heterocycles. The summed E-state index contributed by atoms with van der Waals surface area (Å²) in [6.07, 6.45) is -1.95. The van der Waals surface area contributed by atoms with Crippen LogP contribution in [0.2, 0.25) is 0 Å². The standard InChI is InChI=1S/C10H14BrNO3/c1-15-9-4-6(2-3-7(9)11)10(14)8(13)5-12/h2-4,8,10,13-14H,5,12H2,1H3. The van der Waals surface area contributed by atoms with Gasteiger partial charge in [0, 0.05) is 6.54 Å². The SMILES string of the molecule is COc1cc(C(O)C(O)CN)ccc1Br. The minimum atomic E-state index is -0.989. The number of ether oxygens (including phenoxy) is 1. The second-order valence-corrected chi connectivity index (χ2v) is 4.00. The lowest BCUT2D eigenvalue weighted by molar-refractivity contribution is 0.0242. The Balaban J connectivity index is 2.95. The lowest BCUT2D eigenvalue weighted by atomic mass is 10.0. The summed E-state index contributed by atoms with van der Waals surface area (Å²) in [5, 5.41) is 19.1. The summed E-state index contributed by atoms with van der Waals surface area (Å²) in [4.78, 5) is 0. The molecule has 15 heavy (non-hydrogen) atoms. The van der Waals surface area contributed by atoms with Crippen molar-refractivity contribution >= 4 is 15.9 Å². The van der Waals surface area contributed by atoms with E-state index in [1.165, 1.54) is 7.11 Å². The van der Waals surface area contributed by atoms with Gasteiger partial charge < -0.3 is 20.7 Å². The number of halogens is 1. The summed E-state index contributed by atoms with van der Waals surface area (Å²) in [6, 6.07) is 5.12. The molecular formula is C10H14BrNO3. The van der Waals surface area contributed by atoms with Gasteiger partial charge >= 0.3 is 0 Å². The number of rotatable bonds is 4. The Morgan fingerprint density at radius 2 is 2.13 bits per heavy atom. The Morgan fingerprint density at radius 3 is 2.67 bits per heavy atom. The van der Waals surface area contributed by atoms with E-state index in [9.17, 15) is 10.2 Å². The normalized spacial score (nSPS) is 14.7. The molecule has 0 aliphatic rings. The molecule has 84 valence electrons. The van der Waals surface area contributed by atoms with Crippen LogP contribution in [0.25, 0.3) is 0 Å². The zero-order valence-electron chi connectivity index (χ0n) is 8.35. The van der Waals surface area contributed by atoms with Crippen molar-refractivity contribution in [3.05, 3.63) is 28.2 Å². The van der Waals surface area contributed by atoms with Gasteiger partial charge in [-0.1, -0.05) is 6.07 Å². The molecule has 0 bridgehead atoms. The number of benzene rings is 1. The van der Waals surface area contributed by atoms with Gasteiger partial charge in [-0.15, -0.1) is 0 Å². The average molecular weight is 276 g/mol. The summed E-state index contributed by atoms with van der Waals surface area (Å²) in [5.41, 5.74) is 5.84. The van der Waals surface area contributed by atoms with Gasteiger partial charge in [0.2, 0.25) is 0 Å². The first kappa shape index (κ1) is 12.4. The first-order chi connectivity index (χ1) is 7.10. The van der Waals surface area contributed by atoms with E-state index in [-0.39, 0.29) is 6.54 Å². The number of hydrogen-bond acceptors (Lipinski definition) is 4. The third kappa shape index (κ3) is 2.92. The molecule has 0 fully saturated rings. The second-order valence-electron chi connectivity index (χ2n) is 3.14. The first-order valence-electron chi connectivity index (χ1n) is 4.49. The summed E-state index contributed by atoms with van der Waals surface area (Å²) < 4.78 is 5.87. The van der Waals surface area contributed by atoms with Crippen molar-refractivity contribution in [1.82, 2.24) is 0 Å². The zero-order chi connectivity index (χ0) is 11.4. The molecule has 2 unspecified atom stereocenters. The Labute approximate surface area is 96.8 Å². The van der Waals surface area contributed by atoms with Crippen LogP contribution in [0.15, 0.2) is 22.7 Å². The molecular weight excluding hydrogens is 262 g/mol. The van der Waals surface area contributed by atoms with E-state index in [0.717, 1.165) is 4.47 Å². The fourth-order valence-corrected chi connectivity index (χ4v) is 1.62. The lowest BCUT2D eigenvalue weighted by Crippen LogP contribution is -2.27. The van der Waals surface area contributed by atoms with E-state index >= 15 is 0 Å². The second kappa shape index (κ2) is 5.46. The number of hydrogen-bond donors (Lipinski definition) is 3. The maximum Gasteiger partial charge on any atom is 0.133 e. The molecule has 1 aromatic carbocycles.